The number of hydrogen-bond donors (Lipinski definition) is 1. The zero-order valence-corrected chi connectivity index (χ0v) is 9.75. The van der Waals surface area contributed by atoms with E-state index in [4.69, 9.17) is 5.11 Å². The molecule has 0 aromatic heterocycles. The number of rotatable bonds is 3. The topological polar surface area (TPSA) is 74.7 Å². The van der Waals surface area contributed by atoms with Crippen LogP contribution in [0.1, 0.15) is 10.4 Å². The number of carbonyl (C=O) groups is 1. The highest BCUT2D eigenvalue weighted by molar-refractivity contribution is 7.92. The summed E-state index contributed by atoms with van der Waals surface area (Å²) in [6.07, 6.45) is 0.753. The lowest BCUT2D eigenvalue weighted by Gasteiger charge is -2.19. The van der Waals surface area contributed by atoms with Gasteiger partial charge in [0.15, 0.2) is 11.6 Å². The number of halogens is 2. The quantitative estimate of drug-likeness (QED) is 0.886. The maximum absolute atomic E-state index is 13.5. The standard InChI is InChI=1S/C9H9F2NO4S/c1-12(17(2,15)16)8-5(9(13)14)3-4-6(10)7(8)11/h3-4H,1-2H3,(H,13,14). The van der Waals surface area contributed by atoms with Crippen molar-refractivity contribution < 1.29 is 27.1 Å². The Bertz CT molecular complexity index is 571. The first kappa shape index (κ1) is 13.4. The summed E-state index contributed by atoms with van der Waals surface area (Å²) in [4.78, 5) is 10.8. The van der Waals surface area contributed by atoms with Gasteiger partial charge in [0.1, 0.15) is 5.69 Å². The van der Waals surface area contributed by atoms with Crippen molar-refractivity contribution >= 4 is 21.7 Å². The van der Waals surface area contributed by atoms with E-state index < -0.39 is 38.9 Å². The fraction of sp³-hybridized carbons (Fsp3) is 0.222. The van der Waals surface area contributed by atoms with E-state index in [9.17, 15) is 22.0 Å². The highest BCUT2D eigenvalue weighted by Crippen LogP contribution is 2.27. The number of aromatic carboxylic acids is 1. The molecular weight excluding hydrogens is 256 g/mol. The third kappa shape index (κ3) is 2.52. The van der Waals surface area contributed by atoms with Gasteiger partial charge in [0.25, 0.3) is 0 Å². The van der Waals surface area contributed by atoms with Gasteiger partial charge in [0.2, 0.25) is 10.0 Å². The number of sulfonamides is 1. The fourth-order valence-electron chi connectivity index (χ4n) is 1.19. The molecular formula is C9H9F2NO4S. The van der Waals surface area contributed by atoms with Crippen LogP contribution < -0.4 is 4.31 Å². The lowest BCUT2D eigenvalue weighted by atomic mass is 10.1. The van der Waals surface area contributed by atoms with Crippen molar-refractivity contribution in [3.8, 4) is 0 Å². The fourth-order valence-corrected chi connectivity index (χ4v) is 1.70. The van der Waals surface area contributed by atoms with Crippen LogP contribution in [0.3, 0.4) is 0 Å². The molecule has 0 saturated heterocycles. The van der Waals surface area contributed by atoms with Gasteiger partial charge in [-0.25, -0.2) is 22.0 Å². The van der Waals surface area contributed by atoms with Gasteiger partial charge >= 0.3 is 5.97 Å². The predicted molar refractivity (Wildman–Crippen MR) is 56.6 cm³/mol. The number of carboxylic acids is 1. The molecule has 94 valence electrons. The molecule has 0 atom stereocenters. The first-order chi connectivity index (χ1) is 7.66. The van der Waals surface area contributed by atoms with E-state index in [-0.39, 0.29) is 0 Å². The van der Waals surface area contributed by atoms with Crippen molar-refractivity contribution in [2.24, 2.45) is 0 Å². The molecule has 1 N–H and O–H groups in total. The van der Waals surface area contributed by atoms with Crippen LogP contribution in [0, 0.1) is 11.6 Å². The van der Waals surface area contributed by atoms with E-state index in [2.05, 4.69) is 0 Å². The Balaban J connectivity index is 3.60. The lowest BCUT2D eigenvalue weighted by molar-refractivity contribution is 0.0697. The minimum absolute atomic E-state index is 0.384. The summed E-state index contributed by atoms with van der Waals surface area (Å²) >= 11 is 0. The van der Waals surface area contributed by atoms with E-state index in [1.165, 1.54) is 0 Å². The van der Waals surface area contributed by atoms with Gasteiger partial charge in [0, 0.05) is 7.05 Å². The molecule has 1 rings (SSSR count). The Morgan fingerprint density at radius 1 is 1.35 bits per heavy atom. The predicted octanol–water partition coefficient (Wildman–Crippen LogP) is 1.06. The van der Waals surface area contributed by atoms with Crippen LogP contribution in [0.2, 0.25) is 0 Å². The van der Waals surface area contributed by atoms with Crippen LogP contribution in [0.25, 0.3) is 0 Å². The Kier molecular flexibility index (Phi) is 3.37. The van der Waals surface area contributed by atoms with Crippen LogP contribution in [0.4, 0.5) is 14.5 Å². The maximum atomic E-state index is 13.5. The highest BCUT2D eigenvalue weighted by Gasteiger charge is 2.25. The molecule has 0 spiro atoms. The Morgan fingerprint density at radius 3 is 2.29 bits per heavy atom. The Morgan fingerprint density at radius 2 is 1.88 bits per heavy atom. The number of anilines is 1. The average Bonchev–Trinajstić information content (AvgIpc) is 2.19. The molecule has 0 heterocycles. The SMILES string of the molecule is CN(c1c(C(=O)O)ccc(F)c1F)S(C)(=O)=O. The molecule has 1 aromatic carbocycles. The van der Waals surface area contributed by atoms with Crippen LogP contribution in [-0.2, 0) is 10.0 Å². The summed E-state index contributed by atoms with van der Waals surface area (Å²) in [6, 6.07) is 1.43. The van der Waals surface area contributed by atoms with Gasteiger partial charge in [-0.05, 0) is 12.1 Å². The molecule has 1 aromatic rings. The summed E-state index contributed by atoms with van der Waals surface area (Å²) < 4.78 is 49.3. The largest absolute Gasteiger partial charge is 0.478 e. The molecule has 0 radical (unpaired) electrons. The first-order valence-electron chi connectivity index (χ1n) is 4.31. The minimum Gasteiger partial charge on any atom is -0.478 e. The van der Waals surface area contributed by atoms with E-state index in [1.54, 1.807) is 0 Å². The van der Waals surface area contributed by atoms with Crippen LogP contribution in [0.15, 0.2) is 12.1 Å². The molecule has 5 nitrogen and oxygen atoms in total. The van der Waals surface area contributed by atoms with Gasteiger partial charge in [-0.3, -0.25) is 4.31 Å². The molecule has 0 unspecified atom stereocenters. The smallest absolute Gasteiger partial charge is 0.337 e. The third-order valence-electron chi connectivity index (χ3n) is 2.11. The monoisotopic (exact) mass is 265 g/mol. The molecule has 17 heavy (non-hydrogen) atoms. The molecule has 0 aliphatic heterocycles. The number of carboxylic acid groups (broad SMARTS) is 1. The molecule has 0 saturated carbocycles. The van der Waals surface area contributed by atoms with Crippen LogP contribution in [-0.4, -0.2) is 32.8 Å². The number of benzene rings is 1. The van der Waals surface area contributed by atoms with Crippen molar-refractivity contribution in [2.45, 2.75) is 0 Å². The Hall–Kier alpha value is -1.70. The molecule has 0 bridgehead atoms. The first-order valence-corrected chi connectivity index (χ1v) is 6.16. The summed E-state index contributed by atoms with van der Waals surface area (Å²) in [6.45, 7) is 0. The van der Waals surface area contributed by atoms with Crippen molar-refractivity contribution in [3.05, 3.63) is 29.3 Å². The molecule has 8 heteroatoms. The van der Waals surface area contributed by atoms with Crippen LogP contribution >= 0.6 is 0 Å². The molecule has 0 amide bonds. The van der Waals surface area contributed by atoms with E-state index in [0.29, 0.717) is 10.4 Å². The highest BCUT2D eigenvalue weighted by atomic mass is 32.2. The van der Waals surface area contributed by atoms with Gasteiger partial charge in [-0.1, -0.05) is 0 Å². The van der Waals surface area contributed by atoms with Crippen molar-refractivity contribution in [3.63, 3.8) is 0 Å². The van der Waals surface area contributed by atoms with Gasteiger partial charge in [0.05, 0.1) is 11.8 Å². The second-order valence-electron chi connectivity index (χ2n) is 3.29. The van der Waals surface area contributed by atoms with Crippen molar-refractivity contribution in [2.75, 3.05) is 17.6 Å². The zero-order chi connectivity index (χ0) is 13.4. The lowest BCUT2D eigenvalue weighted by Crippen LogP contribution is -2.28. The molecule has 0 aliphatic rings. The second-order valence-corrected chi connectivity index (χ2v) is 5.31. The molecule has 0 fully saturated rings. The minimum atomic E-state index is -3.89. The second kappa shape index (κ2) is 4.28. The third-order valence-corrected chi connectivity index (χ3v) is 3.29. The maximum Gasteiger partial charge on any atom is 0.337 e. The average molecular weight is 265 g/mol. The van der Waals surface area contributed by atoms with Gasteiger partial charge in [-0.15, -0.1) is 0 Å². The van der Waals surface area contributed by atoms with Crippen molar-refractivity contribution in [1.29, 1.82) is 0 Å². The van der Waals surface area contributed by atoms with Crippen LogP contribution in [0.5, 0.6) is 0 Å². The normalized spacial score (nSPS) is 11.3. The number of nitrogens with zero attached hydrogens (tertiary/aromatic N) is 1. The summed E-state index contributed by atoms with van der Waals surface area (Å²) in [7, 11) is -2.94. The van der Waals surface area contributed by atoms with Gasteiger partial charge < -0.3 is 5.11 Å². The van der Waals surface area contributed by atoms with Gasteiger partial charge in [-0.2, -0.15) is 0 Å². The summed E-state index contributed by atoms with van der Waals surface area (Å²) in [5, 5.41) is 8.78. The molecule has 0 aliphatic carbocycles. The van der Waals surface area contributed by atoms with E-state index in [0.717, 1.165) is 19.4 Å². The zero-order valence-electron chi connectivity index (χ0n) is 8.94. The van der Waals surface area contributed by atoms with Crippen molar-refractivity contribution in [1.82, 2.24) is 0 Å². The summed E-state index contributed by atoms with van der Waals surface area (Å²) in [5.41, 5.74) is -1.45. The number of hydrogen-bond acceptors (Lipinski definition) is 3. The van der Waals surface area contributed by atoms with E-state index >= 15 is 0 Å². The van der Waals surface area contributed by atoms with E-state index in [1.807, 2.05) is 0 Å². The Labute approximate surface area is 96.3 Å². The summed E-state index contributed by atoms with van der Waals surface area (Å²) in [5.74, 6) is -4.38.